The second-order valence-corrected chi connectivity index (χ2v) is 8.85. The summed E-state index contributed by atoms with van der Waals surface area (Å²) >= 11 is 0. The molecule has 2 aromatic carbocycles. The SMILES string of the molecule is O=C(c1ccc(F)cc1)C1CCN(CCNS(=O)(=O)c2ccccc2[N+](=O)[O-])CC1. The van der Waals surface area contributed by atoms with E-state index in [4.69, 9.17) is 0 Å². The summed E-state index contributed by atoms with van der Waals surface area (Å²) in [5, 5.41) is 11.1. The Morgan fingerprint density at radius 1 is 1.13 bits per heavy atom. The summed E-state index contributed by atoms with van der Waals surface area (Å²) < 4.78 is 40.3. The number of ketones is 1. The van der Waals surface area contributed by atoms with Crippen molar-refractivity contribution in [1.82, 2.24) is 9.62 Å². The lowest BCUT2D eigenvalue weighted by molar-refractivity contribution is -0.387. The van der Waals surface area contributed by atoms with E-state index in [2.05, 4.69) is 4.72 Å². The Morgan fingerprint density at radius 2 is 1.77 bits per heavy atom. The van der Waals surface area contributed by atoms with Crippen molar-refractivity contribution in [2.24, 2.45) is 5.92 Å². The Balaban J connectivity index is 1.50. The van der Waals surface area contributed by atoms with E-state index >= 15 is 0 Å². The van der Waals surface area contributed by atoms with Crippen LogP contribution in [0.3, 0.4) is 0 Å². The van der Waals surface area contributed by atoms with Crippen molar-refractivity contribution in [3.63, 3.8) is 0 Å². The molecular weight excluding hydrogens is 413 g/mol. The number of nitro groups is 1. The minimum absolute atomic E-state index is 0.00765. The van der Waals surface area contributed by atoms with E-state index in [9.17, 15) is 27.7 Å². The van der Waals surface area contributed by atoms with E-state index in [0.717, 1.165) is 6.07 Å². The van der Waals surface area contributed by atoms with Crippen molar-refractivity contribution >= 4 is 21.5 Å². The lowest BCUT2D eigenvalue weighted by atomic mass is 9.89. The Morgan fingerprint density at radius 3 is 2.40 bits per heavy atom. The fourth-order valence-electron chi connectivity index (χ4n) is 3.52. The zero-order valence-corrected chi connectivity index (χ0v) is 17.0. The molecule has 1 aliphatic rings. The van der Waals surface area contributed by atoms with Crippen LogP contribution in [-0.4, -0.2) is 50.2 Å². The van der Waals surface area contributed by atoms with Crippen molar-refractivity contribution in [1.29, 1.82) is 0 Å². The molecule has 1 fully saturated rings. The van der Waals surface area contributed by atoms with Crippen LogP contribution in [0.25, 0.3) is 0 Å². The first-order valence-corrected chi connectivity index (χ1v) is 11.0. The molecule has 30 heavy (non-hydrogen) atoms. The van der Waals surface area contributed by atoms with Gasteiger partial charge < -0.3 is 4.90 Å². The minimum atomic E-state index is -4.00. The number of benzene rings is 2. The number of carbonyl (C=O) groups is 1. The number of halogens is 1. The molecule has 1 N–H and O–H groups in total. The molecule has 0 bridgehead atoms. The van der Waals surface area contributed by atoms with Crippen LogP contribution in [-0.2, 0) is 10.0 Å². The van der Waals surface area contributed by atoms with Gasteiger partial charge in [0.25, 0.3) is 5.69 Å². The Bertz CT molecular complexity index is 1020. The molecule has 0 atom stereocenters. The third kappa shape index (κ3) is 5.26. The molecule has 0 spiro atoms. The lowest BCUT2D eigenvalue weighted by Gasteiger charge is -2.31. The summed E-state index contributed by atoms with van der Waals surface area (Å²) in [5.41, 5.74) is 0.0252. The lowest BCUT2D eigenvalue weighted by Crippen LogP contribution is -2.41. The standard InChI is InChI=1S/C20H22FN3O5S/c21-17-7-5-15(6-8-17)20(25)16-9-12-23(13-10-16)14-11-22-30(28,29)19-4-2-1-3-18(19)24(26)27/h1-8,16,22H,9-14H2. The monoisotopic (exact) mass is 435 g/mol. The number of nitro benzene ring substituents is 1. The molecule has 2 aromatic rings. The van der Waals surface area contributed by atoms with Crippen molar-refractivity contribution in [3.05, 3.63) is 70.0 Å². The maximum absolute atomic E-state index is 13.0. The number of para-hydroxylation sites is 1. The van der Waals surface area contributed by atoms with Gasteiger partial charge in [-0.2, -0.15) is 0 Å². The summed E-state index contributed by atoms with van der Waals surface area (Å²) in [6.45, 7) is 1.79. The smallest absolute Gasteiger partial charge is 0.289 e. The van der Waals surface area contributed by atoms with Gasteiger partial charge in [-0.15, -0.1) is 0 Å². The largest absolute Gasteiger partial charge is 0.302 e. The molecule has 10 heteroatoms. The zero-order valence-electron chi connectivity index (χ0n) is 16.2. The Kier molecular flexibility index (Phi) is 6.91. The summed E-state index contributed by atoms with van der Waals surface area (Å²) in [6.07, 6.45) is 1.26. The highest BCUT2D eigenvalue weighted by Crippen LogP contribution is 2.23. The summed E-state index contributed by atoms with van der Waals surface area (Å²) in [7, 11) is -4.00. The molecule has 1 heterocycles. The van der Waals surface area contributed by atoms with E-state index in [1.54, 1.807) is 0 Å². The van der Waals surface area contributed by atoms with Crippen LogP contribution in [0.5, 0.6) is 0 Å². The van der Waals surface area contributed by atoms with E-state index in [0.29, 0.717) is 38.0 Å². The van der Waals surface area contributed by atoms with Crippen LogP contribution < -0.4 is 4.72 Å². The predicted molar refractivity (Wildman–Crippen MR) is 108 cm³/mol. The quantitative estimate of drug-likeness (QED) is 0.388. The zero-order chi connectivity index (χ0) is 21.7. The number of piperidine rings is 1. The number of likely N-dealkylation sites (tertiary alicyclic amines) is 1. The van der Waals surface area contributed by atoms with Crippen molar-refractivity contribution in [3.8, 4) is 0 Å². The van der Waals surface area contributed by atoms with Crippen LogP contribution in [0.15, 0.2) is 53.4 Å². The van der Waals surface area contributed by atoms with Crippen LogP contribution in [0, 0.1) is 21.8 Å². The average Bonchev–Trinajstić information content (AvgIpc) is 2.74. The molecule has 160 valence electrons. The van der Waals surface area contributed by atoms with Gasteiger partial charge in [0.2, 0.25) is 10.0 Å². The van der Waals surface area contributed by atoms with Crippen LogP contribution in [0.2, 0.25) is 0 Å². The summed E-state index contributed by atoms with van der Waals surface area (Å²) in [6, 6.07) is 10.7. The second-order valence-electron chi connectivity index (χ2n) is 7.11. The van der Waals surface area contributed by atoms with Gasteiger partial charge >= 0.3 is 0 Å². The number of Topliss-reactive ketones (excluding diaryl/α,β-unsaturated/α-hetero) is 1. The first-order valence-electron chi connectivity index (χ1n) is 9.53. The Labute approximate surface area is 173 Å². The first kappa shape index (κ1) is 22.0. The molecule has 0 aliphatic carbocycles. The molecule has 1 aliphatic heterocycles. The van der Waals surface area contributed by atoms with Gasteiger partial charge in [-0.25, -0.2) is 17.5 Å². The van der Waals surface area contributed by atoms with Gasteiger partial charge in [0, 0.05) is 30.6 Å². The van der Waals surface area contributed by atoms with E-state index in [1.165, 1.54) is 42.5 Å². The van der Waals surface area contributed by atoms with Crippen molar-refractivity contribution < 1.29 is 22.5 Å². The van der Waals surface area contributed by atoms with Crippen molar-refractivity contribution in [2.45, 2.75) is 17.7 Å². The number of hydrogen-bond acceptors (Lipinski definition) is 6. The van der Waals surface area contributed by atoms with Crippen LogP contribution >= 0.6 is 0 Å². The number of rotatable bonds is 8. The molecule has 3 rings (SSSR count). The third-order valence-corrected chi connectivity index (χ3v) is 6.67. The fraction of sp³-hybridized carbons (Fsp3) is 0.350. The molecule has 0 amide bonds. The highest BCUT2D eigenvalue weighted by Gasteiger charge is 2.27. The van der Waals surface area contributed by atoms with Gasteiger partial charge in [0.1, 0.15) is 5.82 Å². The first-order chi connectivity index (χ1) is 14.3. The number of carbonyl (C=O) groups excluding carboxylic acids is 1. The number of sulfonamides is 1. The maximum atomic E-state index is 13.0. The molecule has 8 nitrogen and oxygen atoms in total. The topological polar surface area (TPSA) is 110 Å². The Hall–Kier alpha value is -2.69. The summed E-state index contributed by atoms with van der Waals surface area (Å²) in [4.78, 5) is 24.5. The van der Waals surface area contributed by atoms with Gasteiger partial charge in [0.05, 0.1) is 4.92 Å². The fourth-order valence-corrected chi connectivity index (χ4v) is 4.71. The van der Waals surface area contributed by atoms with Gasteiger partial charge in [0.15, 0.2) is 10.7 Å². The second kappa shape index (κ2) is 9.41. The molecule has 1 saturated heterocycles. The molecule has 0 aromatic heterocycles. The average molecular weight is 435 g/mol. The minimum Gasteiger partial charge on any atom is -0.302 e. The van der Waals surface area contributed by atoms with E-state index in [-0.39, 0.29) is 29.0 Å². The van der Waals surface area contributed by atoms with Crippen LogP contribution in [0.1, 0.15) is 23.2 Å². The number of hydrogen-bond donors (Lipinski definition) is 1. The number of nitrogens with zero attached hydrogens (tertiary/aromatic N) is 2. The van der Waals surface area contributed by atoms with Gasteiger partial charge in [-0.3, -0.25) is 14.9 Å². The molecule has 0 unspecified atom stereocenters. The molecular formula is C20H22FN3O5S. The number of nitrogens with one attached hydrogen (secondary N) is 1. The summed E-state index contributed by atoms with van der Waals surface area (Å²) in [5.74, 6) is -0.535. The van der Waals surface area contributed by atoms with Crippen molar-refractivity contribution in [2.75, 3.05) is 26.2 Å². The highest BCUT2D eigenvalue weighted by atomic mass is 32.2. The third-order valence-electron chi connectivity index (χ3n) is 5.16. The highest BCUT2D eigenvalue weighted by molar-refractivity contribution is 7.89. The predicted octanol–water partition coefficient (Wildman–Crippen LogP) is 2.61. The molecule has 0 saturated carbocycles. The maximum Gasteiger partial charge on any atom is 0.289 e. The van der Waals surface area contributed by atoms with Gasteiger partial charge in [-0.1, -0.05) is 12.1 Å². The van der Waals surface area contributed by atoms with E-state index < -0.39 is 20.6 Å². The van der Waals surface area contributed by atoms with Crippen LogP contribution in [0.4, 0.5) is 10.1 Å². The van der Waals surface area contributed by atoms with Gasteiger partial charge in [-0.05, 0) is 56.3 Å². The normalized spacial score (nSPS) is 15.8. The van der Waals surface area contributed by atoms with E-state index in [1.807, 2.05) is 4.90 Å². The molecule has 0 radical (unpaired) electrons.